The molecule has 3 rings (SSSR count). The highest BCUT2D eigenvalue weighted by atomic mass is 16.1. The smallest absolute Gasteiger partial charge is 0.255 e. The molecule has 3 aromatic heterocycles. The van der Waals surface area contributed by atoms with Crippen LogP contribution in [0.3, 0.4) is 0 Å². The topological polar surface area (TPSA) is 74.2 Å². The number of nitrogens with zero attached hydrogens (tertiary/aromatic N) is 5. The SMILES string of the molecule is C=C/C(=C\c1nc(-c2cccc(N(CC)CC)n2)ccc1C=C)NC(=O)c1ccnc(N(CCC)CC/C=C\C)c1. The number of carbonyl (C=O) groups excluding carboxylic acids is 1. The second kappa shape index (κ2) is 15.9. The van der Waals surface area contributed by atoms with Gasteiger partial charge in [0, 0.05) is 43.6 Å². The van der Waals surface area contributed by atoms with Crippen LogP contribution in [0, 0.1) is 0 Å². The van der Waals surface area contributed by atoms with Crippen molar-refractivity contribution in [2.24, 2.45) is 0 Å². The van der Waals surface area contributed by atoms with Crippen LogP contribution >= 0.6 is 0 Å². The molecule has 0 aliphatic carbocycles. The van der Waals surface area contributed by atoms with Crippen LogP contribution in [0.5, 0.6) is 0 Å². The minimum Gasteiger partial charge on any atom is -0.357 e. The lowest BCUT2D eigenvalue weighted by atomic mass is 10.1. The Bertz CT molecular complexity index is 1390. The number of rotatable bonds is 15. The summed E-state index contributed by atoms with van der Waals surface area (Å²) < 4.78 is 0. The van der Waals surface area contributed by atoms with E-state index in [2.05, 4.69) is 60.1 Å². The fourth-order valence-corrected chi connectivity index (χ4v) is 4.44. The van der Waals surface area contributed by atoms with E-state index < -0.39 is 0 Å². The number of anilines is 2. The van der Waals surface area contributed by atoms with E-state index in [1.807, 2.05) is 55.5 Å². The Hall–Kier alpha value is -4.52. The van der Waals surface area contributed by atoms with Gasteiger partial charge in [0.2, 0.25) is 0 Å². The summed E-state index contributed by atoms with van der Waals surface area (Å²) in [6.45, 7) is 19.7. The van der Waals surface area contributed by atoms with Crippen molar-refractivity contribution >= 4 is 29.7 Å². The van der Waals surface area contributed by atoms with Crippen molar-refractivity contribution in [3.8, 4) is 11.4 Å². The number of pyridine rings is 3. The molecule has 0 aliphatic heterocycles. The van der Waals surface area contributed by atoms with E-state index in [4.69, 9.17) is 9.97 Å². The van der Waals surface area contributed by atoms with Gasteiger partial charge in [-0.05, 0) is 81.7 Å². The Morgan fingerprint density at radius 3 is 2.41 bits per heavy atom. The molecule has 41 heavy (non-hydrogen) atoms. The third-order valence-electron chi connectivity index (χ3n) is 6.66. The number of allylic oxidation sites excluding steroid dienone is 2. The van der Waals surface area contributed by atoms with Gasteiger partial charge in [0.25, 0.3) is 5.91 Å². The molecule has 3 heterocycles. The molecule has 0 radical (unpaired) electrons. The van der Waals surface area contributed by atoms with E-state index in [1.165, 1.54) is 0 Å². The van der Waals surface area contributed by atoms with E-state index in [0.717, 1.165) is 67.6 Å². The minimum absolute atomic E-state index is 0.241. The average molecular weight is 551 g/mol. The van der Waals surface area contributed by atoms with Gasteiger partial charge in [-0.15, -0.1) is 0 Å². The number of hydrogen-bond acceptors (Lipinski definition) is 6. The molecular weight excluding hydrogens is 508 g/mol. The normalized spacial score (nSPS) is 11.4. The fourth-order valence-electron chi connectivity index (χ4n) is 4.44. The standard InChI is InChI=1S/C34H42N6O/c1-7-13-14-23-40(22-8-2)33-24-27(20-21-35-33)34(41)36-28(10-4)25-31-26(9-3)18-19-30(37-31)29-16-15-17-32(38-29)39(11-5)12-6/h7,9-10,13,15-21,24-25H,3-4,8,11-12,14,22-23H2,1-2,5-6H3,(H,36,41)/b13-7-,28-25+. The predicted molar refractivity (Wildman–Crippen MR) is 173 cm³/mol. The molecule has 7 heteroatoms. The van der Waals surface area contributed by atoms with Crippen molar-refractivity contribution < 1.29 is 4.79 Å². The van der Waals surface area contributed by atoms with Crippen LogP contribution < -0.4 is 15.1 Å². The summed E-state index contributed by atoms with van der Waals surface area (Å²) in [7, 11) is 0. The Labute approximate surface area is 245 Å². The molecule has 0 bridgehead atoms. The lowest BCUT2D eigenvalue weighted by Gasteiger charge is -2.23. The molecular formula is C34H42N6O. The molecule has 1 amide bonds. The number of amides is 1. The summed E-state index contributed by atoms with van der Waals surface area (Å²) >= 11 is 0. The molecule has 0 saturated carbocycles. The highest BCUT2D eigenvalue weighted by Gasteiger charge is 2.13. The van der Waals surface area contributed by atoms with Crippen LogP contribution in [0.25, 0.3) is 23.5 Å². The summed E-state index contributed by atoms with van der Waals surface area (Å²) in [4.78, 5) is 31.9. The molecule has 0 spiro atoms. The van der Waals surface area contributed by atoms with E-state index >= 15 is 0 Å². The second-order valence-electron chi connectivity index (χ2n) is 9.43. The van der Waals surface area contributed by atoms with Gasteiger partial charge >= 0.3 is 0 Å². The maximum Gasteiger partial charge on any atom is 0.255 e. The molecule has 0 atom stereocenters. The zero-order valence-corrected chi connectivity index (χ0v) is 24.8. The van der Waals surface area contributed by atoms with Crippen LogP contribution in [0.15, 0.2) is 85.7 Å². The number of hydrogen-bond donors (Lipinski definition) is 1. The Kier molecular flexibility index (Phi) is 12.0. The monoisotopic (exact) mass is 550 g/mol. The minimum atomic E-state index is -0.241. The molecule has 0 aromatic carbocycles. The third-order valence-corrected chi connectivity index (χ3v) is 6.66. The first kappa shape index (κ1) is 31.0. The highest BCUT2D eigenvalue weighted by Crippen LogP contribution is 2.23. The predicted octanol–water partition coefficient (Wildman–Crippen LogP) is 7.17. The lowest BCUT2D eigenvalue weighted by molar-refractivity contribution is 0.0967. The first-order valence-corrected chi connectivity index (χ1v) is 14.3. The van der Waals surface area contributed by atoms with Gasteiger partial charge in [-0.25, -0.2) is 15.0 Å². The lowest BCUT2D eigenvalue weighted by Crippen LogP contribution is -2.27. The second-order valence-corrected chi connectivity index (χ2v) is 9.43. The van der Waals surface area contributed by atoms with Gasteiger partial charge in [-0.1, -0.05) is 50.4 Å². The first-order chi connectivity index (χ1) is 20.0. The van der Waals surface area contributed by atoms with Crippen LogP contribution in [0.4, 0.5) is 11.6 Å². The summed E-state index contributed by atoms with van der Waals surface area (Å²) in [6, 6.07) is 13.4. The van der Waals surface area contributed by atoms with Crippen molar-refractivity contribution in [3.05, 3.63) is 103 Å². The maximum absolute atomic E-state index is 13.3. The largest absolute Gasteiger partial charge is 0.357 e. The first-order valence-electron chi connectivity index (χ1n) is 14.3. The zero-order chi connectivity index (χ0) is 29.6. The molecule has 3 aromatic rings. The highest BCUT2D eigenvalue weighted by molar-refractivity contribution is 5.96. The van der Waals surface area contributed by atoms with Crippen molar-refractivity contribution in [1.82, 2.24) is 20.3 Å². The van der Waals surface area contributed by atoms with Crippen molar-refractivity contribution in [2.75, 3.05) is 36.0 Å². The Morgan fingerprint density at radius 1 is 0.951 bits per heavy atom. The van der Waals surface area contributed by atoms with E-state index in [-0.39, 0.29) is 5.91 Å². The van der Waals surface area contributed by atoms with Crippen LogP contribution in [-0.2, 0) is 0 Å². The summed E-state index contributed by atoms with van der Waals surface area (Å²) in [5.74, 6) is 1.46. The molecule has 0 saturated heterocycles. The van der Waals surface area contributed by atoms with Gasteiger partial charge in [0.05, 0.1) is 17.1 Å². The molecule has 1 N–H and O–H groups in total. The van der Waals surface area contributed by atoms with Gasteiger partial charge in [0.1, 0.15) is 11.6 Å². The van der Waals surface area contributed by atoms with Crippen molar-refractivity contribution in [1.29, 1.82) is 0 Å². The summed E-state index contributed by atoms with van der Waals surface area (Å²) in [5.41, 5.74) is 4.07. The van der Waals surface area contributed by atoms with Gasteiger partial charge in [-0.2, -0.15) is 0 Å². The summed E-state index contributed by atoms with van der Waals surface area (Å²) in [5, 5.41) is 2.98. The molecule has 0 fully saturated rings. The van der Waals surface area contributed by atoms with Gasteiger partial charge in [0.15, 0.2) is 0 Å². The van der Waals surface area contributed by atoms with Crippen LogP contribution in [0.1, 0.15) is 62.2 Å². The van der Waals surface area contributed by atoms with Crippen molar-refractivity contribution in [2.45, 2.75) is 40.5 Å². The van der Waals surface area contributed by atoms with Gasteiger partial charge in [-0.3, -0.25) is 4.79 Å². The summed E-state index contributed by atoms with van der Waals surface area (Å²) in [6.07, 6.45) is 12.9. The number of aromatic nitrogens is 3. The zero-order valence-electron chi connectivity index (χ0n) is 24.8. The Balaban J connectivity index is 1.88. The number of carbonyl (C=O) groups is 1. The fraction of sp³-hybridized carbons (Fsp3) is 0.294. The van der Waals surface area contributed by atoms with Crippen LogP contribution in [0.2, 0.25) is 0 Å². The number of nitrogens with one attached hydrogen (secondary N) is 1. The quantitative estimate of drug-likeness (QED) is 0.160. The van der Waals surface area contributed by atoms with Crippen molar-refractivity contribution in [3.63, 3.8) is 0 Å². The van der Waals surface area contributed by atoms with E-state index in [9.17, 15) is 4.79 Å². The third kappa shape index (κ3) is 8.48. The average Bonchev–Trinajstić information content (AvgIpc) is 3.01. The molecule has 7 nitrogen and oxygen atoms in total. The Morgan fingerprint density at radius 2 is 1.73 bits per heavy atom. The van der Waals surface area contributed by atoms with Gasteiger partial charge < -0.3 is 15.1 Å². The molecule has 0 aliphatic rings. The maximum atomic E-state index is 13.3. The van der Waals surface area contributed by atoms with E-state index in [1.54, 1.807) is 24.4 Å². The molecule has 214 valence electrons. The van der Waals surface area contributed by atoms with E-state index in [0.29, 0.717) is 17.0 Å². The van der Waals surface area contributed by atoms with Crippen LogP contribution in [-0.4, -0.2) is 47.0 Å². The molecule has 0 unspecified atom stereocenters.